The number of ether oxygens (including phenoxy) is 1. The summed E-state index contributed by atoms with van der Waals surface area (Å²) in [7, 11) is 1.59. The summed E-state index contributed by atoms with van der Waals surface area (Å²) in [6.45, 7) is 8.00. The lowest BCUT2D eigenvalue weighted by molar-refractivity contribution is 0.102. The SMILES string of the molecule is COc1ccc(C(=O)Nc2cc(C)ccc2N2CCCN(Cc3cc(C)ccc3C)C2=O)cc1. The molecular formula is C28H31N3O3. The number of aryl methyl sites for hydroxylation is 3. The summed E-state index contributed by atoms with van der Waals surface area (Å²) in [5, 5.41) is 3.01. The first-order valence-electron chi connectivity index (χ1n) is 11.5. The van der Waals surface area contributed by atoms with E-state index in [-0.39, 0.29) is 11.9 Å². The van der Waals surface area contributed by atoms with Gasteiger partial charge in [-0.2, -0.15) is 0 Å². The maximum Gasteiger partial charge on any atom is 0.324 e. The van der Waals surface area contributed by atoms with Crippen LogP contribution in [-0.2, 0) is 6.54 Å². The Balaban J connectivity index is 1.57. The first kappa shape index (κ1) is 23.4. The molecule has 0 aromatic heterocycles. The number of hydrogen-bond acceptors (Lipinski definition) is 3. The molecule has 4 rings (SSSR count). The van der Waals surface area contributed by atoms with Gasteiger partial charge < -0.3 is 15.0 Å². The fraction of sp³-hybridized carbons (Fsp3) is 0.286. The van der Waals surface area contributed by atoms with Crippen molar-refractivity contribution in [3.8, 4) is 5.75 Å². The molecule has 1 fully saturated rings. The quantitative estimate of drug-likeness (QED) is 0.516. The first-order chi connectivity index (χ1) is 16.4. The van der Waals surface area contributed by atoms with E-state index >= 15 is 0 Å². The van der Waals surface area contributed by atoms with Gasteiger partial charge in [-0.1, -0.05) is 29.8 Å². The number of methoxy groups -OCH3 is 1. The summed E-state index contributed by atoms with van der Waals surface area (Å²) < 4.78 is 5.18. The van der Waals surface area contributed by atoms with Crippen LogP contribution in [0.4, 0.5) is 16.2 Å². The zero-order valence-corrected chi connectivity index (χ0v) is 20.2. The number of nitrogens with zero attached hydrogens (tertiary/aromatic N) is 2. The molecule has 0 radical (unpaired) electrons. The molecule has 0 saturated carbocycles. The van der Waals surface area contributed by atoms with Crippen molar-refractivity contribution in [2.45, 2.75) is 33.7 Å². The minimum Gasteiger partial charge on any atom is -0.497 e. The number of anilines is 2. The number of carbonyl (C=O) groups excluding carboxylic acids is 2. The van der Waals surface area contributed by atoms with E-state index < -0.39 is 0 Å². The monoisotopic (exact) mass is 457 g/mol. The minimum absolute atomic E-state index is 0.0454. The summed E-state index contributed by atoms with van der Waals surface area (Å²) in [6, 6.07) is 19.0. The van der Waals surface area contributed by atoms with Gasteiger partial charge in [0, 0.05) is 25.2 Å². The maximum atomic E-state index is 13.5. The number of hydrogen-bond donors (Lipinski definition) is 1. The van der Waals surface area contributed by atoms with Gasteiger partial charge in [-0.15, -0.1) is 0 Å². The lowest BCUT2D eigenvalue weighted by Gasteiger charge is -2.37. The highest BCUT2D eigenvalue weighted by Crippen LogP contribution is 2.31. The number of rotatable bonds is 6. The molecule has 3 amide bonds. The van der Waals surface area contributed by atoms with Crippen molar-refractivity contribution in [3.05, 3.63) is 88.5 Å². The molecular weight excluding hydrogens is 426 g/mol. The number of carbonyl (C=O) groups is 2. The Morgan fingerprint density at radius 3 is 2.38 bits per heavy atom. The van der Waals surface area contributed by atoms with E-state index in [1.807, 2.05) is 30.0 Å². The molecule has 6 nitrogen and oxygen atoms in total. The molecule has 0 atom stereocenters. The van der Waals surface area contributed by atoms with Gasteiger partial charge in [0.25, 0.3) is 5.91 Å². The van der Waals surface area contributed by atoms with Gasteiger partial charge in [-0.25, -0.2) is 4.79 Å². The zero-order chi connectivity index (χ0) is 24.2. The summed E-state index contributed by atoms with van der Waals surface area (Å²) >= 11 is 0. The fourth-order valence-corrected chi connectivity index (χ4v) is 4.25. The molecule has 176 valence electrons. The third kappa shape index (κ3) is 5.06. The summed E-state index contributed by atoms with van der Waals surface area (Å²) in [4.78, 5) is 30.1. The highest BCUT2D eigenvalue weighted by molar-refractivity contribution is 6.07. The standard InChI is InChI=1S/C28H31N3O3/c1-19-6-8-21(3)23(16-19)18-30-14-5-15-31(28(30)33)26-13-7-20(2)17-25(26)29-27(32)22-9-11-24(34-4)12-10-22/h6-13,16-17H,5,14-15,18H2,1-4H3,(H,29,32). The van der Waals surface area contributed by atoms with Crippen LogP contribution in [-0.4, -0.2) is 37.0 Å². The van der Waals surface area contributed by atoms with Crippen LogP contribution in [0.25, 0.3) is 0 Å². The minimum atomic E-state index is -0.230. The van der Waals surface area contributed by atoms with Crippen LogP contribution in [0.3, 0.4) is 0 Å². The zero-order valence-electron chi connectivity index (χ0n) is 20.2. The van der Waals surface area contributed by atoms with Crippen LogP contribution >= 0.6 is 0 Å². The normalized spacial score (nSPS) is 13.7. The van der Waals surface area contributed by atoms with Crippen molar-refractivity contribution in [1.29, 1.82) is 0 Å². The first-order valence-corrected chi connectivity index (χ1v) is 11.5. The van der Waals surface area contributed by atoms with Crippen molar-refractivity contribution >= 4 is 23.3 Å². The molecule has 0 unspecified atom stereocenters. The second-order valence-electron chi connectivity index (χ2n) is 8.84. The third-order valence-electron chi connectivity index (χ3n) is 6.22. The molecule has 0 aliphatic carbocycles. The number of nitrogens with one attached hydrogen (secondary N) is 1. The van der Waals surface area contributed by atoms with Gasteiger partial charge >= 0.3 is 6.03 Å². The Morgan fingerprint density at radius 2 is 1.65 bits per heavy atom. The molecule has 1 N–H and O–H groups in total. The molecule has 3 aromatic carbocycles. The lowest BCUT2D eigenvalue weighted by atomic mass is 10.0. The second kappa shape index (κ2) is 10.00. The van der Waals surface area contributed by atoms with E-state index in [0.717, 1.165) is 17.5 Å². The van der Waals surface area contributed by atoms with Crippen LogP contribution in [0.2, 0.25) is 0 Å². The maximum absolute atomic E-state index is 13.5. The highest BCUT2D eigenvalue weighted by Gasteiger charge is 2.29. The highest BCUT2D eigenvalue weighted by atomic mass is 16.5. The van der Waals surface area contributed by atoms with Gasteiger partial charge in [0.15, 0.2) is 0 Å². The molecule has 34 heavy (non-hydrogen) atoms. The van der Waals surface area contributed by atoms with E-state index in [9.17, 15) is 9.59 Å². The smallest absolute Gasteiger partial charge is 0.324 e. The molecule has 0 spiro atoms. The fourth-order valence-electron chi connectivity index (χ4n) is 4.25. The third-order valence-corrected chi connectivity index (χ3v) is 6.22. The Kier molecular flexibility index (Phi) is 6.87. The van der Waals surface area contributed by atoms with Crippen LogP contribution in [0.5, 0.6) is 5.75 Å². The van der Waals surface area contributed by atoms with E-state index in [0.29, 0.717) is 42.3 Å². The molecule has 1 heterocycles. The Bertz CT molecular complexity index is 1200. The number of amides is 3. The largest absolute Gasteiger partial charge is 0.497 e. The van der Waals surface area contributed by atoms with Crippen LogP contribution in [0.15, 0.2) is 60.7 Å². The molecule has 6 heteroatoms. The molecule has 1 aliphatic rings. The van der Waals surface area contributed by atoms with E-state index in [1.165, 1.54) is 11.1 Å². The Hall–Kier alpha value is -3.80. The molecule has 0 bridgehead atoms. The summed E-state index contributed by atoms with van der Waals surface area (Å²) in [5.41, 5.74) is 6.39. The van der Waals surface area contributed by atoms with Crippen molar-refractivity contribution in [3.63, 3.8) is 0 Å². The van der Waals surface area contributed by atoms with Crippen LogP contribution in [0, 0.1) is 20.8 Å². The van der Waals surface area contributed by atoms with Crippen LogP contribution < -0.4 is 15.0 Å². The van der Waals surface area contributed by atoms with Gasteiger partial charge in [0.1, 0.15) is 5.75 Å². The predicted octanol–water partition coefficient (Wildman–Crippen LogP) is 5.71. The average Bonchev–Trinajstić information content (AvgIpc) is 2.83. The van der Waals surface area contributed by atoms with Crippen molar-refractivity contribution < 1.29 is 14.3 Å². The summed E-state index contributed by atoms with van der Waals surface area (Å²) in [6.07, 6.45) is 0.857. The lowest BCUT2D eigenvalue weighted by Crippen LogP contribution is -2.49. The number of urea groups is 1. The van der Waals surface area contributed by atoms with Crippen molar-refractivity contribution in [2.24, 2.45) is 0 Å². The van der Waals surface area contributed by atoms with Crippen molar-refractivity contribution in [2.75, 3.05) is 30.4 Å². The summed E-state index contributed by atoms with van der Waals surface area (Å²) in [5.74, 6) is 0.460. The van der Waals surface area contributed by atoms with Gasteiger partial charge in [-0.3, -0.25) is 9.69 Å². The second-order valence-corrected chi connectivity index (χ2v) is 8.84. The van der Waals surface area contributed by atoms with Gasteiger partial charge in [-0.05, 0) is 80.3 Å². The molecule has 3 aromatic rings. The predicted molar refractivity (Wildman–Crippen MR) is 136 cm³/mol. The van der Waals surface area contributed by atoms with Gasteiger partial charge in [0.05, 0.1) is 18.5 Å². The molecule has 1 saturated heterocycles. The van der Waals surface area contributed by atoms with Gasteiger partial charge in [0.2, 0.25) is 0 Å². The van der Waals surface area contributed by atoms with E-state index in [1.54, 1.807) is 36.3 Å². The number of benzene rings is 3. The van der Waals surface area contributed by atoms with E-state index in [4.69, 9.17) is 4.74 Å². The molecule has 1 aliphatic heterocycles. The van der Waals surface area contributed by atoms with Crippen molar-refractivity contribution in [1.82, 2.24) is 4.90 Å². The average molecular weight is 458 g/mol. The Labute approximate surface area is 201 Å². The topological polar surface area (TPSA) is 61.9 Å². The van der Waals surface area contributed by atoms with Crippen LogP contribution in [0.1, 0.15) is 39.0 Å². The van der Waals surface area contributed by atoms with E-state index in [2.05, 4.69) is 37.4 Å². The Morgan fingerprint density at radius 1 is 0.941 bits per heavy atom.